The number of phosphoric ester groups is 1. The van der Waals surface area contributed by atoms with Crippen molar-refractivity contribution in [2.45, 2.75) is 224 Å². The first-order valence-electron chi connectivity index (χ1n) is 24.1. The molecule has 1 saturated carbocycles. The Bertz CT molecular complexity index is 1330. The first kappa shape index (κ1) is 58.6. The van der Waals surface area contributed by atoms with Crippen LogP contribution in [0.4, 0.5) is 0 Å². The second kappa shape index (κ2) is 38.8. The molecule has 6 N–H and O–H groups in total. The topological polar surface area (TPSA) is 210 Å². The number of carbonyl (C=O) groups excluding carboxylic acids is 2. The van der Waals surface area contributed by atoms with Gasteiger partial charge in [-0.1, -0.05) is 177 Å². The average molecular weight is 913 g/mol. The lowest BCUT2D eigenvalue weighted by molar-refractivity contribution is -0.220. The molecule has 6 unspecified atom stereocenters. The zero-order valence-corrected chi connectivity index (χ0v) is 39.5. The monoisotopic (exact) mass is 913 g/mol. The molecule has 13 nitrogen and oxygen atoms in total. The van der Waals surface area contributed by atoms with Gasteiger partial charge in [-0.25, -0.2) is 4.57 Å². The Morgan fingerprint density at radius 2 is 0.905 bits per heavy atom. The van der Waals surface area contributed by atoms with Crippen LogP contribution in [0.2, 0.25) is 0 Å². The molecule has 0 aromatic rings. The van der Waals surface area contributed by atoms with Crippen LogP contribution in [0.25, 0.3) is 0 Å². The summed E-state index contributed by atoms with van der Waals surface area (Å²) in [6, 6.07) is 0. The van der Waals surface area contributed by atoms with Crippen LogP contribution < -0.4 is 0 Å². The number of ether oxygens (including phenoxy) is 2. The third-order valence-corrected chi connectivity index (χ3v) is 11.9. The lowest BCUT2D eigenvalue weighted by Gasteiger charge is -2.41. The molecular formula is C49H85O13P. The summed E-state index contributed by atoms with van der Waals surface area (Å²) in [5, 5.41) is 50.2. The summed E-state index contributed by atoms with van der Waals surface area (Å²) in [5.41, 5.74) is 0. The van der Waals surface area contributed by atoms with Gasteiger partial charge in [0.25, 0.3) is 0 Å². The summed E-state index contributed by atoms with van der Waals surface area (Å²) in [6.45, 7) is 3.15. The summed E-state index contributed by atoms with van der Waals surface area (Å²) in [7, 11) is -5.13. The highest BCUT2D eigenvalue weighted by Crippen LogP contribution is 2.47. The second-order valence-corrected chi connectivity index (χ2v) is 18.0. The van der Waals surface area contributed by atoms with Gasteiger partial charge in [-0.15, -0.1) is 0 Å². The van der Waals surface area contributed by atoms with E-state index in [2.05, 4.69) is 62.5 Å². The van der Waals surface area contributed by atoms with Crippen LogP contribution in [-0.2, 0) is 32.7 Å². The molecule has 1 fully saturated rings. The zero-order valence-electron chi connectivity index (χ0n) is 38.6. The summed E-state index contributed by atoms with van der Waals surface area (Å²) < 4.78 is 33.5. The summed E-state index contributed by atoms with van der Waals surface area (Å²) in [5.74, 6) is -1.17. The van der Waals surface area contributed by atoms with Crippen molar-refractivity contribution in [2.24, 2.45) is 0 Å². The minimum atomic E-state index is -5.13. The summed E-state index contributed by atoms with van der Waals surface area (Å²) in [6.07, 6.45) is 34.2. The van der Waals surface area contributed by atoms with Gasteiger partial charge in [0.1, 0.15) is 43.2 Å². The van der Waals surface area contributed by atoms with Gasteiger partial charge in [0.2, 0.25) is 0 Å². The first-order chi connectivity index (χ1) is 30.4. The number of aliphatic hydroxyl groups is 5. The molecule has 0 aliphatic heterocycles. The van der Waals surface area contributed by atoms with Gasteiger partial charge in [-0.05, 0) is 51.4 Å². The highest BCUT2D eigenvalue weighted by molar-refractivity contribution is 7.47. The van der Waals surface area contributed by atoms with Crippen molar-refractivity contribution in [3.8, 4) is 0 Å². The van der Waals surface area contributed by atoms with Crippen molar-refractivity contribution in [3.05, 3.63) is 60.8 Å². The normalized spacial score (nSPS) is 22.2. The number of carbonyl (C=O) groups is 2. The minimum absolute atomic E-state index is 0.0855. The molecule has 0 aromatic carbocycles. The van der Waals surface area contributed by atoms with Crippen molar-refractivity contribution >= 4 is 19.8 Å². The molecule has 364 valence electrons. The van der Waals surface area contributed by atoms with Gasteiger partial charge in [-0.2, -0.15) is 0 Å². The largest absolute Gasteiger partial charge is 0.472 e. The molecule has 0 spiro atoms. The van der Waals surface area contributed by atoms with E-state index in [1.165, 1.54) is 77.0 Å². The predicted octanol–water partition coefficient (Wildman–Crippen LogP) is 9.73. The Hall–Kier alpha value is -2.45. The van der Waals surface area contributed by atoms with Crippen molar-refractivity contribution in [1.82, 2.24) is 0 Å². The van der Waals surface area contributed by atoms with Gasteiger partial charge < -0.3 is 39.9 Å². The van der Waals surface area contributed by atoms with Crippen molar-refractivity contribution in [3.63, 3.8) is 0 Å². The van der Waals surface area contributed by atoms with Crippen LogP contribution in [-0.4, -0.2) is 98.3 Å². The van der Waals surface area contributed by atoms with Gasteiger partial charge in [0, 0.05) is 12.8 Å². The number of hydrogen-bond donors (Lipinski definition) is 6. The standard InChI is InChI=1S/C49H85O13P/c1-3-5-7-9-11-13-15-17-19-21-23-25-27-29-31-33-35-37-42(50)59-39-41(40-60-63(57,58)62-49-47(55)45(53)44(52)46(54)48(49)56)61-43(51)38-36-34-32-30-28-26-24-22-20-18-16-14-12-10-8-6-4-2/h5,7,11,13,17,19,23,25,29,31,41,44-49,52-56H,3-4,6,8-10,12,14-16,18,20-22,24,26-28,30,32-40H2,1-2H3,(H,57,58)/b7-5+,13-11+,19-17+,25-23+,31-29+/t41-,44?,45-,46?,47?,48?,49?/m0/s1. The number of esters is 2. The maximum Gasteiger partial charge on any atom is 0.472 e. The smallest absolute Gasteiger partial charge is 0.462 e. The molecule has 63 heavy (non-hydrogen) atoms. The van der Waals surface area contributed by atoms with Crippen LogP contribution in [0, 0.1) is 0 Å². The SMILES string of the molecule is CC/C=C/C/C=C/C/C=C/C/C=C/C/C=C/CCCC(=O)OC[C@@H](COP(=O)(O)OC1C(O)C(O)C(O)[C@H](O)C1O)OC(=O)CCCCCCCCCCCCCCCCCCC. The quantitative estimate of drug-likeness (QED) is 0.0147. The fraction of sp³-hybridized carbons (Fsp3) is 0.755. The number of unbranched alkanes of at least 4 members (excludes halogenated alkanes) is 17. The maximum absolute atomic E-state index is 12.8. The number of phosphoric acid groups is 1. The lowest BCUT2D eigenvalue weighted by Crippen LogP contribution is -2.64. The molecule has 0 saturated heterocycles. The minimum Gasteiger partial charge on any atom is -0.462 e. The first-order valence-corrected chi connectivity index (χ1v) is 25.6. The Kier molecular flexibility index (Phi) is 36.1. The number of aliphatic hydroxyl groups excluding tert-OH is 5. The fourth-order valence-electron chi connectivity index (χ4n) is 7.03. The second-order valence-electron chi connectivity index (χ2n) is 16.6. The Labute approximate surface area is 379 Å². The number of allylic oxidation sites excluding steroid dienone is 10. The van der Waals surface area contributed by atoms with Gasteiger partial charge in [-0.3, -0.25) is 18.6 Å². The molecule has 0 heterocycles. The highest BCUT2D eigenvalue weighted by atomic mass is 31.2. The molecule has 1 aliphatic rings. The Morgan fingerprint density at radius 3 is 1.37 bits per heavy atom. The molecule has 8 atom stereocenters. The van der Waals surface area contributed by atoms with Crippen molar-refractivity contribution in [1.29, 1.82) is 0 Å². The summed E-state index contributed by atoms with van der Waals surface area (Å²) >= 11 is 0. The summed E-state index contributed by atoms with van der Waals surface area (Å²) in [4.78, 5) is 35.7. The van der Waals surface area contributed by atoms with E-state index in [0.717, 1.165) is 57.8 Å². The molecule has 0 radical (unpaired) electrons. The van der Waals surface area contributed by atoms with Crippen LogP contribution >= 0.6 is 7.82 Å². The van der Waals surface area contributed by atoms with Crippen molar-refractivity contribution < 1.29 is 63.1 Å². The van der Waals surface area contributed by atoms with E-state index in [1.807, 2.05) is 12.2 Å². The molecule has 0 aromatic heterocycles. The van der Waals surface area contributed by atoms with E-state index < -0.39 is 75.7 Å². The van der Waals surface area contributed by atoms with Crippen LogP contribution in [0.1, 0.15) is 181 Å². The molecule has 14 heteroatoms. The van der Waals surface area contributed by atoms with Gasteiger partial charge >= 0.3 is 19.8 Å². The third-order valence-electron chi connectivity index (χ3n) is 10.9. The average Bonchev–Trinajstić information content (AvgIpc) is 3.26. The van der Waals surface area contributed by atoms with Gasteiger partial charge in [0.05, 0.1) is 6.61 Å². The van der Waals surface area contributed by atoms with Crippen molar-refractivity contribution in [2.75, 3.05) is 13.2 Å². The van der Waals surface area contributed by atoms with E-state index >= 15 is 0 Å². The lowest BCUT2D eigenvalue weighted by atomic mass is 9.85. The number of hydrogen-bond acceptors (Lipinski definition) is 12. The zero-order chi connectivity index (χ0) is 46.4. The Balaban J connectivity index is 2.47. The van der Waals surface area contributed by atoms with Crippen LogP contribution in [0.3, 0.4) is 0 Å². The third kappa shape index (κ3) is 31.2. The molecule has 1 rings (SSSR count). The van der Waals surface area contributed by atoms with E-state index in [-0.39, 0.29) is 12.8 Å². The van der Waals surface area contributed by atoms with Crippen LogP contribution in [0.5, 0.6) is 0 Å². The van der Waals surface area contributed by atoms with E-state index in [0.29, 0.717) is 19.3 Å². The van der Waals surface area contributed by atoms with Gasteiger partial charge in [0.15, 0.2) is 6.10 Å². The van der Waals surface area contributed by atoms with Crippen LogP contribution in [0.15, 0.2) is 60.8 Å². The maximum atomic E-state index is 12.8. The fourth-order valence-corrected chi connectivity index (χ4v) is 8.00. The molecule has 0 amide bonds. The Morgan fingerprint density at radius 1 is 0.508 bits per heavy atom. The van der Waals surface area contributed by atoms with E-state index in [1.54, 1.807) is 0 Å². The molecular weight excluding hydrogens is 827 g/mol. The molecule has 1 aliphatic carbocycles. The predicted molar refractivity (Wildman–Crippen MR) is 249 cm³/mol. The van der Waals surface area contributed by atoms with E-state index in [9.17, 15) is 44.6 Å². The molecule has 0 bridgehead atoms. The van der Waals surface area contributed by atoms with E-state index in [4.69, 9.17) is 18.5 Å². The highest BCUT2D eigenvalue weighted by Gasteiger charge is 2.51. The number of rotatable bonds is 39.